The van der Waals surface area contributed by atoms with Gasteiger partial charge in [0.15, 0.2) is 0 Å². The molecule has 0 bridgehead atoms. The van der Waals surface area contributed by atoms with Crippen molar-refractivity contribution in [3.63, 3.8) is 0 Å². The zero-order valence-corrected chi connectivity index (χ0v) is 19.6. The van der Waals surface area contributed by atoms with Gasteiger partial charge in [0.05, 0.1) is 22.6 Å². The summed E-state index contributed by atoms with van der Waals surface area (Å²) >= 11 is 3.41. The molecule has 0 aliphatic rings. The molecule has 7 heteroatoms. The average Bonchev–Trinajstić information content (AvgIpc) is 2.79. The second-order valence-electron chi connectivity index (χ2n) is 7.69. The number of carbonyl (C=O) groups is 1. The Balaban J connectivity index is 1.78. The third kappa shape index (κ3) is 4.29. The number of anilines is 1. The third-order valence-electron chi connectivity index (χ3n) is 5.44. The van der Waals surface area contributed by atoms with Crippen LogP contribution in [0.15, 0.2) is 82.1 Å². The van der Waals surface area contributed by atoms with Crippen LogP contribution in [0.1, 0.15) is 24.4 Å². The maximum atomic E-state index is 13.5. The van der Waals surface area contributed by atoms with E-state index in [0.717, 1.165) is 10.0 Å². The minimum atomic E-state index is -0.472. The van der Waals surface area contributed by atoms with E-state index in [9.17, 15) is 9.59 Å². The molecule has 4 rings (SSSR count). The molecule has 1 unspecified atom stereocenters. The molecule has 0 saturated carbocycles. The van der Waals surface area contributed by atoms with Crippen molar-refractivity contribution in [2.45, 2.75) is 19.9 Å². The molecular weight excluding hydrogens is 468 g/mol. The van der Waals surface area contributed by atoms with Gasteiger partial charge in [0.2, 0.25) is 0 Å². The summed E-state index contributed by atoms with van der Waals surface area (Å²) in [5, 5.41) is 3.43. The lowest BCUT2D eigenvalue weighted by Crippen LogP contribution is -2.37. The van der Waals surface area contributed by atoms with E-state index in [2.05, 4.69) is 21.2 Å². The van der Waals surface area contributed by atoms with Crippen LogP contribution in [0.25, 0.3) is 16.6 Å². The fraction of sp³-hybridized carbons (Fsp3) is 0.160. The Kier molecular flexibility index (Phi) is 6.10. The Labute approximate surface area is 194 Å². The maximum Gasteiger partial charge on any atom is 0.322 e. The summed E-state index contributed by atoms with van der Waals surface area (Å²) in [6.07, 6.45) is 0. The minimum absolute atomic E-state index is 0.165. The first kappa shape index (κ1) is 21.8. The largest absolute Gasteiger partial charge is 0.322 e. The molecule has 0 aliphatic heterocycles. The molecule has 6 nitrogen and oxygen atoms in total. The number of benzene rings is 3. The molecule has 0 spiro atoms. The fourth-order valence-corrected chi connectivity index (χ4v) is 3.90. The summed E-state index contributed by atoms with van der Waals surface area (Å²) in [6, 6.07) is 21.6. The van der Waals surface area contributed by atoms with E-state index in [0.29, 0.717) is 28.1 Å². The summed E-state index contributed by atoms with van der Waals surface area (Å²) in [7, 11) is 1.69. The van der Waals surface area contributed by atoms with Crippen molar-refractivity contribution in [1.82, 2.24) is 14.5 Å². The second-order valence-corrected chi connectivity index (χ2v) is 8.61. The SMILES string of the molecule is Cc1ccc(-n2c(C(C)N(C)C(=O)Nc3cccc(Br)c3)nc3ccccc3c2=O)cc1. The molecular formula is C25H23BrN4O2. The first-order valence-electron chi connectivity index (χ1n) is 10.2. The predicted octanol–water partition coefficient (Wildman–Crippen LogP) is 5.68. The first-order valence-corrected chi connectivity index (χ1v) is 11.0. The second kappa shape index (κ2) is 8.96. The van der Waals surface area contributed by atoms with Crippen LogP contribution in [-0.2, 0) is 0 Å². The van der Waals surface area contributed by atoms with Gasteiger partial charge >= 0.3 is 6.03 Å². The summed E-state index contributed by atoms with van der Waals surface area (Å²) in [5.74, 6) is 0.490. The van der Waals surface area contributed by atoms with Gasteiger partial charge < -0.3 is 10.2 Å². The fourth-order valence-electron chi connectivity index (χ4n) is 3.50. The van der Waals surface area contributed by atoms with Gasteiger partial charge in [-0.15, -0.1) is 0 Å². The van der Waals surface area contributed by atoms with Crippen molar-refractivity contribution in [2.24, 2.45) is 0 Å². The highest BCUT2D eigenvalue weighted by molar-refractivity contribution is 9.10. The molecule has 32 heavy (non-hydrogen) atoms. The van der Waals surface area contributed by atoms with Crippen LogP contribution >= 0.6 is 15.9 Å². The molecule has 4 aromatic rings. The highest BCUT2D eigenvalue weighted by atomic mass is 79.9. The topological polar surface area (TPSA) is 67.2 Å². The zero-order valence-electron chi connectivity index (χ0n) is 18.0. The number of halogens is 1. The molecule has 1 atom stereocenters. The van der Waals surface area contributed by atoms with Crippen LogP contribution in [0.3, 0.4) is 0 Å². The van der Waals surface area contributed by atoms with E-state index < -0.39 is 6.04 Å². The first-order chi connectivity index (χ1) is 15.3. The molecule has 0 radical (unpaired) electrons. The summed E-state index contributed by atoms with van der Waals surface area (Å²) in [4.78, 5) is 32.8. The summed E-state index contributed by atoms with van der Waals surface area (Å²) in [6.45, 7) is 3.86. The van der Waals surface area contributed by atoms with Gasteiger partial charge in [-0.3, -0.25) is 9.36 Å². The number of aryl methyl sites for hydroxylation is 1. The van der Waals surface area contributed by atoms with E-state index in [1.165, 1.54) is 0 Å². The molecule has 1 aromatic heterocycles. The van der Waals surface area contributed by atoms with Gasteiger partial charge in [-0.2, -0.15) is 0 Å². The van der Waals surface area contributed by atoms with Gasteiger partial charge in [0.1, 0.15) is 5.82 Å². The van der Waals surface area contributed by atoms with Crippen LogP contribution in [0.5, 0.6) is 0 Å². The number of para-hydroxylation sites is 1. The minimum Gasteiger partial charge on any atom is -0.318 e. The van der Waals surface area contributed by atoms with Crippen molar-refractivity contribution < 1.29 is 4.79 Å². The van der Waals surface area contributed by atoms with E-state index in [4.69, 9.17) is 4.98 Å². The molecule has 0 saturated heterocycles. The predicted molar refractivity (Wildman–Crippen MR) is 131 cm³/mol. The Morgan fingerprint density at radius 3 is 2.50 bits per heavy atom. The number of amides is 2. The van der Waals surface area contributed by atoms with Crippen LogP contribution < -0.4 is 10.9 Å². The molecule has 1 heterocycles. The van der Waals surface area contributed by atoms with Crippen LogP contribution in [0.2, 0.25) is 0 Å². The number of rotatable bonds is 4. The number of nitrogens with one attached hydrogen (secondary N) is 1. The Bertz CT molecular complexity index is 1350. The smallest absolute Gasteiger partial charge is 0.318 e. The number of fused-ring (bicyclic) bond motifs is 1. The van der Waals surface area contributed by atoms with Crippen molar-refractivity contribution in [3.05, 3.63) is 99.0 Å². The van der Waals surface area contributed by atoms with Gasteiger partial charge in [0, 0.05) is 17.2 Å². The summed E-state index contributed by atoms with van der Waals surface area (Å²) < 4.78 is 2.46. The molecule has 2 amide bonds. The van der Waals surface area contributed by atoms with Gasteiger partial charge in [0.25, 0.3) is 5.56 Å². The highest BCUT2D eigenvalue weighted by Gasteiger charge is 2.24. The highest BCUT2D eigenvalue weighted by Crippen LogP contribution is 2.23. The van der Waals surface area contributed by atoms with Gasteiger partial charge in [-0.1, -0.05) is 51.8 Å². The average molecular weight is 491 g/mol. The van der Waals surface area contributed by atoms with Crippen molar-refractivity contribution in [2.75, 3.05) is 12.4 Å². The van der Waals surface area contributed by atoms with E-state index in [1.54, 1.807) is 22.6 Å². The standard InChI is InChI=1S/C25H23BrN4O2/c1-16-11-13-20(14-12-16)30-23(28-22-10-5-4-9-21(22)24(30)31)17(2)29(3)25(32)27-19-8-6-7-18(26)15-19/h4-15,17H,1-3H3,(H,27,32). The molecule has 162 valence electrons. The zero-order chi connectivity index (χ0) is 22.8. The van der Waals surface area contributed by atoms with E-state index in [-0.39, 0.29) is 11.6 Å². The van der Waals surface area contributed by atoms with E-state index in [1.807, 2.05) is 80.6 Å². The number of carbonyl (C=O) groups excluding carboxylic acids is 1. The molecule has 0 aliphatic carbocycles. The van der Waals surface area contributed by atoms with Crippen LogP contribution in [0, 0.1) is 6.92 Å². The quantitative estimate of drug-likeness (QED) is 0.400. The normalized spacial score (nSPS) is 11.9. The molecule has 0 fully saturated rings. The van der Waals surface area contributed by atoms with Gasteiger partial charge in [-0.05, 0) is 56.3 Å². The lowest BCUT2D eigenvalue weighted by atomic mass is 10.1. The molecule has 3 aromatic carbocycles. The van der Waals surface area contributed by atoms with Crippen LogP contribution in [-0.4, -0.2) is 27.5 Å². The number of nitrogens with zero attached hydrogens (tertiary/aromatic N) is 3. The van der Waals surface area contributed by atoms with E-state index >= 15 is 0 Å². The van der Waals surface area contributed by atoms with Crippen molar-refractivity contribution in [3.8, 4) is 5.69 Å². The van der Waals surface area contributed by atoms with Crippen LogP contribution in [0.4, 0.5) is 10.5 Å². The van der Waals surface area contributed by atoms with Crippen molar-refractivity contribution >= 4 is 38.6 Å². The van der Waals surface area contributed by atoms with Gasteiger partial charge in [-0.25, -0.2) is 9.78 Å². The number of hydrogen-bond acceptors (Lipinski definition) is 3. The lowest BCUT2D eigenvalue weighted by molar-refractivity contribution is 0.205. The monoisotopic (exact) mass is 490 g/mol. The maximum absolute atomic E-state index is 13.5. The Hall–Kier alpha value is -3.45. The third-order valence-corrected chi connectivity index (χ3v) is 5.94. The Morgan fingerprint density at radius 1 is 1.06 bits per heavy atom. The van der Waals surface area contributed by atoms with Crippen molar-refractivity contribution in [1.29, 1.82) is 0 Å². The number of hydrogen-bond donors (Lipinski definition) is 1. The Morgan fingerprint density at radius 2 is 1.78 bits per heavy atom. The molecule has 1 N–H and O–H groups in total. The summed E-state index contributed by atoms with van der Waals surface area (Å²) in [5.41, 5.74) is 2.91. The number of urea groups is 1. The number of aromatic nitrogens is 2. The lowest BCUT2D eigenvalue weighted by Gasteiger charge is -2.27.